The van der Waals surface area contributed by atoms with E-state index in [0.717, 1.165) is 28.0 Å². The van der Waals surface area contributed by atoms with E-state index in [0.29, 0.717) is 11.7 Å². The van der Waals surface area contributed by atoms with Crippen molar-refractivity contribution < 1.29 is 9.26 Å². The molecule has 1 unspecified atom stereocenters. The molecule has 1 atom stereocenters. The van der Waals surface area contributed by atoms with Gasteiger partial charge in [0, 0.05) is 16.7 Å². The van der Waals surface area contributed by atoms with Crippen molar-refractivity contribution in [3.63, 3.8) is 0 Å². The summed E-state index contributed by atoms with van der Waals surface area (Å²) in [5.74, 6) is 2.76. The van der Waals surface area contributed by atoms with E-state index >= 15 is 0 Å². The van der Waals surface area contributed by atoms with Crippen LogP contribution in [0, 0.1) is 0 Å². The highest BCUT2D eigenvalue weighted by Gasteiger charge is 2.26. The number of rotatable bonds is 6. The monoisotopic (exact) mass is 435 g/mol. The Morgan fingerprint density at radius 1 is 1.03 bits per heavy atom. The maximum absolute atomic E-state index is 5.54. The van der Waals surface area contributed by atoms with Gasteiger partial charge in [0.05, 0.1) is 12.4 Å². The molecule has 0 aliphatic carbocycles. The van der Waals surface area contributed by atoms with Crippen LogP contribution in [-0.2, 0) is 5.41 Å². The van der Waals surface area contributed by atoms with Crippen molar-refractivity contribution >= 4 is 11.8 Å². The second-order valence-corrected chi connectivity index (χ2v) is 9.48. The van der Waals surface area contributed by atoms with Gasteiger partial charge in [-0.25, -0.2) is 0 Å². The van der Waals surface area contributed by atoms with Crippen LogP contribution in [0.5, 0.6) is 5.75 Å². The molecule has 2 aromatic heterocycles. The van der Waals surface area contributed by atoms with Crippen LogP contribution in [0.4, 0.5) is 0 Å². The Morgan fingerprint density at radius 2 is 1.81 bits per heavy atom. The molecule has 0 aliphatic rings. The van der Waals surface area contributed by atoms with Crippen molar-refractivity contribution in [1.82, 2.24) is 24.9 Å². The van der Waals surface area contributed by atoms with E-state index in [1.165, 1.54) is 11.8 Å². The smallest absolute Gasteiger partial charge is 0.239 e. The molecule has 0 N–H and O–H groups in total. The summed E-state index contributed by atoms with van der Waals surface area (Å²) in [6.07, 6.45) is 0. The van der Waals surface area contributed by atoms with Gasteiger partial charge < -0.3 is 9.26 Å². The Kier molecular flexibility index (Phi) is 5.82. The summed E-state index contributed by atoms with van der Waals surface area (Å²) >= 11 is 1.53. The van der Waals surface area contributed by atoms with E-state index in [1.807, 2.05) is 66.1 Å². The lowest BCUT2D eigenvalue weighted by molar-refractivity contribution is 0.364. The standard InChI is InChI=1S/C23H25N5O2S/c1-15(20-24-21(27-30-20)23(2,3)4)31-22-26-25-19(16-10-9-13-18(14-16)29-5)28(22)17-11-7-6-8-12-17/h6-15H,1-5H3. The van der Waals surface area contributed by atoms with Crippen molar-refractivity contribution in [2.75, 3.05) is 7.11 Å². The molecule has 0 saturated heterocycles. The third-order valence-corrected chi connectivity index (χ3v) is 5.75. The summed E-state index contributed by atoms with van der Waals surface area (Å²) in [5, 5.41) is 13.8. The molecule has 0 radical (unpaired) electrons. The van der Waals surface area contributed by atoms with Crippen molar-refractivity contribution in [3.05, 3.63) is 66.3 Å². The molecule has 8 heteroatoms. The lowest BCUT2D eigenvalue weighted by Crippen LogP contribution is -2.13. The summed E-state index contributed by atoms with van der Waals surface area (Å²) in [5.41, 5.74) is 1.72. The van der Waals surface area contributed by atoms with Gasteiger partial charge in [-0.05, 0) is 31.2 Å². The van der Waals surface area contributed by atoms with Gasteiger partial charge in [0.1, 0.15) is 5.75 Å². The highest BCUT2D eigenvalue weighted by atomic mass is 32.2. The van der Waals surface area contributed by atoms with E-state index in [1.54, 1.807) is 7.11 Å². The minimum atomic E-state index is -0.171. The lowest BCUT2D eigenvalue weighted by Gasteiger charge is -2.13. The molecular formula is C23H25N5O2S. The zero-order valence-electron chi connectivity index (χ0n) is 18.2. The first kappa shape index (κ1) is 21.1. The second-order valence-electron chi connectivity index (χ2n) is 8.18. The van der Waals surface area contributed by atoms with Crippen LogP contribution in [-0.4, -0.2) is 32.0 Å². The summed E-state index contributed by atoms with van der Waals surface area (Å²) in [4.78, 5) is 4.60. The van der Waals surface area contributed by atoms with Gasteiger partial charge in [0.2, 0.25) is 5.89 Å². The highest BCUT2D eigenvalue weighted by Crippen LogP contribution is 2.37. The molecule has 160 valence electrons. The molecule has 7 nitrogen and oxygen atoms in total. The van der Waals surface area contributed by atoms with Crippen molar-refractivity contribution in [1.29, 1.82) is 0 Å². The highest BCUT2D eigenvalue weighted by molar-refractivity contribution is 7.99. The summed E-state index contributed by atoms with van der Waals surface area (Å²) in [6.45, 7) is 8.21. The van der Waals surface area contributed by atoms with Gasteiger partial charge in [-0.2, -0.15) is 4.98 Å². The van der Waals surface area contributed by atoms with Crippen molar-refractivity contribution in [2.24, 2.45) is 0 Å². The number of hydrogen-bond acceptors (Lipinski definition) is 7. The van der Waals surface area contributed by atoms with E-state index in [9.17, 15) is 0 Å². The van der Waals surface area contributed by atoms with Crippen molar-refractivity contribution in [2.45, 2.75) is 43.5 Å². The Labute approximate surface area is 185 Å². The van der Waals surface area contributed by atoms with Crippen LogP contribution < -0.4 is 4.74 Å². The largest absolute Gasteiger partial charge is 0.497 e. The van der Waals surface area contributed by atoms with Gasteiger partial charge in [-0.3, -0.25) is 4.57 Å². The third kappa shape index (κ3) is 4.49. The van der Waals surface area contributed by atoms with Crippen molar-refractivity contribution in [3.8, 4) is 22.8 Å². The topological polar surface area (TPSA) is 78.9 Å². The minimum Gasteiger partial charge on any atom is -0.497 e. The Bertz CT molecular complexity index is 1160. The molecule has 0 fully saturated rings. The molecule has 4 aromatic rings. The van der Waals surface area contributed by atoms with E-state index < -0.39 is 0 Å². The zero-order chi connectivity index (χ0) is 22.0. The van der Waals surface area contributed by atoms with Crippen LogP contribution in [0.1, 0.15) is 44.7 Å². The summed E-state index contributed by atoms with van der Waals surface area (Å²) < 4.78 is 13.0. The predicted molar refractivity (Wildman–Crippen MR) is 121 cm³/mol. The predicted octanol–water partition coefficient (Wildman–Crippen LogP) is 5.48. The Hall–Kier alpha value is -3.13. The molecule has 0 aliphatic heterocycles. The number of para-hydroxylation sites is 1. The van der Waals surface area contributed by atoms with E-state index in [-0.39, 0.29) is 10.7 Å². The van der Waals surface area contributed by atoms with Gasteiger partial charge >= 0.3 is 0 Å². The molecule has 0 amide bonds. The number of aromatic nitrogens is 5. The van der Waals surface area contributed by atoms with E-state index in [2.05, 4.69) is 41.1 Å². The molecule has 2 aromatic carbocycles. The molecule has 0 spiro atoms. The average molecular weight is 436 g/mol. The van der Waals surface area contributed by atoms with Crippen LogP contribution in [0.25, 0.3) is 17.1 Å². The summed E-state index contributed by atoms with van der Waals surface area (Å²) in [7, 11) is 1.65. The first-order valence-electron chi connectivity index (χ1n) is 10.0. The van der Waals surface area contributed by atoms with Crippen LogP contribution in [0.3, 0.4) is 0 Å². The molecule has 4 rings (SSSR count). The lowest BCUT2D eigenvalue weighted by atomic mass is 9.96. The minimum absolute atomic E-state index is 0.0894. The van der Waals surface area contributed by atoms with Gasteiger partial charge in [0.25, 0.3) is 0 Å². The number of nitrogens with zero attached hydrogens (tertiary/aromatic N) is 5. The first-order chi connectivity index (χ1) is 14.9. The fourth-order valence-electron chi connectivity index (χ4n) is 3.02. The van der Waals surface area contributed by atoms with Gasteiger partial charge in [-0.15, -0.1) is 10.2 Å². The number of hydrogen-bond donors (Lipinski definition) is 0. The second kappa shape index (κ2) is 8.55. The molecular weight excluding hydrogens is 410 g/mol. The van der Waals surface area contributed by atoms with Crippen LogP contribution >= 0.6 is 11.8 Å². The zero-order valence-corrected chi connectivity index (χ0v) is 19.1. The molecule has 2 heterocycles. The maximum atomic E-state index is 5.54. The number of thioether (sulfide) groups is 1. The fraction of sp³-hybridized carbons (Fsp3) is 0.304. The summed E-state index contributed by atoms with van der Waals surface area (Å²) in [6, 6.07) is 17.9. The Morgan fingerprint density at radius 3 is 2.48 bits per heavy atom. The average Bonchev–Trinajstić information content (AvgIpc) is 3.42. The van der Waals surface area contributed by atoms with E-state index in [4.69, 9.17) is 9.26 Å². The quantitative estimate of drug-likeness (QED) is 0.371. The van der Waals surface area contributed by atoms with Gasteiger partial charge in [-0.1, -0.05) is 68.0 Å². The normalized spacial score (nSPS) is 12.7. The molecule has 31 heavy (non-hydrogen) atoms. The van der Waals surface area contributed by atoms with Gasteiger partial charge in [0.15, 0.2) is 16.8 Å². The van der Waals surface area contributed by atoms with Crippen LogP contribution in [0.2, 0.25) is 0 Å². The molecule has 0 saturated carbocycles. The Balaban J connectivity index is 1.72. The number of benzene rings is 2. The molecule has 0 bridgehead atoms. The maximum Gasteiger partial charge on any atom is 0.239 e. The SMILES string of the molecule is COc1cccc(-c2nnc(SC(C)c3nc(C(C)(C)C)no3)n2-c2ccccc2)c1. The number of methoxy groups -OCH3 is 1. The fourth-order valence-corrected chi connectivity index (χ4v) is 3.92. The number of ether oxygens (including phenoxy) is 1. The third-order valence-electron chi connectivity index (χ3n) is 4.72. The first-order valence-corrected chi connectivity index (χ1v) is 10.9. The van der Waals surface area contributed by atoms with Crippen LogP contribution in [0.15, 0.2) is 64.3 Å².